The molecule has 0 aliphatic rings. The molecule has 0 unspecified atom stereocenters. The molecule has 0 fully saturated rings. The van der Waals surface area contributed by atoms with Crippen LogP contribution >= 0.6 is 23.2 Å². The van der Waals surface area contributed by atoms with Crippen LogP contribution in [0.5, 0.6) is 0 Å². The largest absolute Gasteiger partial charge is 0.399 e. The second-order valence-electron chi connectivity index (χ2n) is 4.89. The van der Waals surface area contributed by atoms with Gasteiger partial charge in [0.05, 0.1) is 10.0 Å². The number of hydrogen-bond acceptors (Lipinski definition) is 2. The molecule has 0 radical (unpaired) electrons. The van der Waals surface area contributed by atoms with Crippen LogP contribution in [0.2, 0.25) is 10.0 Å². The molecule has 0 amide bonds. The molecule has 3 rings (SSSR count). The molecule has 21 heavy (non-hydrogen) atoms. The van der Waals surface area contributed by atoms with Crippen molar-refractivity contribution in [1.29, 1.82) is 0 Å². The molecular formula is C16H12Cl2N2O. The number of aryl methyl sites for hydroxylation is 1. The number of hydrogen-bond donors (Lipinski definition) is 2. The zero-order valence-corrected chi connectivity index (χ0v) is 12.7. The fraction of sp³-hybridized carbons (Fsp3) is 0.0625. The molecule has 3 aromatic rings. The zero-order chi connectivity index (χ0) is 15.1. The van der Waals surface area contributed by atoms with Gasteiger partial charge in [0.2, 0.25) is 0 Å². The Morgan fingerprint density at radius 3 is 2.71 bits per heavy atom. The van der Waals surface area contributed by atoms with E-state index in [0.717, 1.165) is 16.5 Å². The molecule has 2 aromatic carbocycles. The van der Waals surface area contributed by atoms with Gasteiger partial charge in [-0.25, -0.2) is 0 Å². The normalized spacial score (nSPS) is 11.0. The van der Waals surface area contributed by atoms with Crippen LogP contribution in [0.15, 0.2) is 36.5 Å². The van der Waals surface area contributed by atoms with Crippen molar-refractivity contribution in [3.05, 3.63) is 63.3 Å². The Bertz CT molecular complexity index is 868. The second kappa shape index (κ2) is 5.10. The van der Waals surface area contributed by atoms with Gasteiger partial charge in [-0.15, -0.1) is 0 Å². The standard InChI is InChI=1S/C16H12Cl2N2O/c1-8-3-2-4-13-14(8)11(7-20-13)16(21)10-5-9(19)6-12(17)15(10)18/h2-7,20H,19H2,1H3. The first kappa shape index (κ1) is 14.0. The summed E-state index contributed by atoms with van der Waals surface area (Å²) in [6.07, 6.45) is 1.69. The molecular weight excluding hydrogens is 307 g/mol. The molecule has 106 valence electrons. The summed E-state index contributed by atoms with van der Waals surface area (Å²) in [6, 6.07) is 8.90. The first-order valence-electron chi connectivity index (χ1n) is 6.35. The second-order valence-corrected chi connectivity index (χ2v) is 5.68. The van der Waals surface area contributed by atoms with E-state index in [9.17, 15) is 4.79 Å². The molecule has 1 heterocycles. The minimum Gasteiger partial charge on any atom is -0.399 e. The Balaban J connectivity index is 2.22. The van der Waals surface area contributed by atoms with Crippen LogP contribution in [-0.2, 0) is 0 Å². The first-order valence-corrected chi connectivity index (χ1v) is 7.10. The molecule has 0 saturated carbocycles. The van der Waals surface area contributed by atoms with E-state index in [1.807, 2.05) is 25.1 Å². The fourth-order valence-corrected chi connectivity index (χ4v) is 2.89. The van der Waals surface area contributed by atoms with Gasteiger partial charge in [0.15, 0.2) is 5.78 Å². The fourth-order valence-electron chi connectivity index (χ4n) is 2.47. The van der Waals surface area contributed by atoms with E-state index in [4.69, 9.17) is 28.9 Å². The highest BCUT2D eigenvalue weighted by Gasteiger charge is 2.19. The third kappa shape index (κ3) is 2.28. The maximum Gasteiger partial charge on any atom is 0.196 e. The highest BCUT2D eigenvalue weighted by Crippen LogP contribution is 2.32. The van der Waals surface area contributed by atoms with Gasteiger partial charge in [-0.05, 0) is 30.7 Å². The lowest BCUT2D eigenvalue weighted by atomic mass is 9.99. The number of halogens is 2. The van der Waals surface area contributed by atoms with E-state index >= 15 is 0 Å². The van der Waals surface area contributed by atoms with Crippen LogP contribution in [0.3, 0.4) is 0 Å². The predicted molar refractivity (Wildman–Crippen MR) is 87.3 cm³/mol. The molecule has 0 spiro atoms. The average Bonchev–Trinajstić information content (AvgIpc) is 2.87. The number of rotatable bonds is 2. The summed E-state index contributed by atoms with van der Waals surface area (Å²) < 4.78 is 0. The molecule has 0 aliphatic heterocycles. The van der Waals surface area contributed by atoms with Crippen LogP contribution in [0, 0.1) is 6.92 Å². The van der Waals surface area contributed by atoms with Crippen molar-refractivity contribution < 1.29 is 4.79 Å². The lowest BCUT2D eigenvalue weighted by Gasteiger charge is -2.07. The van der Waals surface area contributed by atoms with Crippen molar-refractivity contribution >= 4 is 45.6 Å². The summed E-state index contributed by atoms with van der Waals surface area (Å²) in [5.41, 5.74) is 8.96. The van der Waals surface area contributed by atoms with Crippen LogP contribution in [0.25, 0.3) is 10.9 Å². The number of aromatic amines is 1. The van der Waals surface area contributed by atoms with Crippen molar-refractivity contribution in [2.45, 2.75) is 6.92 Å². The summed E-state index contributed by atoms with van der Waals surface area (Å²) in [4.78, 5) is 15.9. The van der Waals surface area contributed by atoms with Gasteiger partial charge in [-0.3, -0.25) is 4.79 Å². The van der Waals surface area contributed by atoms with Gasteiger partial charge >= 0.3 is 0 Å². The molecule has 5 heteroatoms. The van der Waals surface area contributed by atoms with Crippen LogP contribution in [0.4, 0.5) is 5.69 Å². The number of ketones is 1. The van der Waals surface area contributed by atoms with Crippen molar-refractivity contribution in [3.63, 3.8) is 0 Å². The Hall–Kier alpha value is -1.97. The number of nitrogens with one attached hydrogen (secondary N) is 1. The number of carbonyl (C=O) groups is 1. The van der Waals surface area contributed by atoms with E-state index in [0.29, 0.717) is 16.8 Å². The van der Waals surface area contributed by atoms with Crippen LogP contribution in [0.1, 0.15) is 21.5 Å². The lowest BCUT2D eigenvalue weighted by Crippen LogP contribution is -2.03. The van der Waals surface area contributed by atoms with Crippen molar-refractivity contribution in [3.8, 4) is 0 Å². The van der Waals surface area contributed by atoms with E-state index in [-0.39, 0.29) is 15.8 Å². The number of anilines is 1. The number of carbonyl (C=O) groups excluding carboxylic acids is 1. The minimum absolute atomic E-state index is 0.199. The van der Waals surface area contributed by atoms with Crippen LogP contribution in [-0.4, -0.2) is 10.8 Å². The maximum atomic E-state index is 12.8. The highest BCUT2D eigenvalue weighted by atomic mass is 35.5. The predicted octanol–water partition coefficient (Wildman–Crippen LogP) is 4.60. The van der Waals surface area contributed by atoms with Crippen molar-refractivity contribution in [2.75, 3.05) is 5.73 Å². The molecule has 0 saturated heterocycles. The van der Waals surface area contributed by atoms with Gasteiger partial charge < -0.3 is 10.7 Å². The smallest absolute Gasteiger partial charge is 0.196 e. The number of aromatic nitrogens is 1. The van der Waals surface area contributed by atoms with Gasteiger partial charge in [0.1, 0.15) is 0 Å². The van der Waals surface area contributed by atoms with E-state index in [2.05, 4.69) is 4.98 Å². The van der Waals surface area contributed by atoms with Crippen molar-refractivity contribution in [1.82, 2.24) is 4.98 Å². The number of nitrogen functional groups attached to an aromatic ring is 1. The Morgan fingerprint density at radius 2 is 1.95 bits per heavy atom. The third-order valence-corrected chi connectivity index (χ3v) is 4.26. The quantitative estimate of drug-likeness (QED) is 0.536. The zero-order valence-electron chi connectivity index (χ0n) is 11.2. The molecule has 3 N–H and O–H groups in total. The number of benzene rings is 2. The van der Waals surface area contributed by atoms with E-state index < -0.39 is 0 Å². The number of fused-ring (bicyclic) bond motifs is 1. The topological polar surface area (TPSA) is 58.9 Å². The summed E-state index contributed by atoms with van der Waals surface area (Å²) in [7, 11) is 0. The first-order chi connectivity index (χ1) is 9.99. The SMILES string of the molecule is Cc1cccc2[nH]cc(C(=O)c3cc(N)cc(Cl)c3Cl)c12. The van der Waals surface area contributed by atoms with Gasteiger partial charge in [0.25, 0.3) is 0 Å². The van der Waals surface area contributed by atoms with E-state index in [1.54, 1.807) is 12.3 Å². The Labute approximate surface area is 131 Å². The van der Waals surface area contributed by atoms with E-state index in [1.165, 1.54) is 6.07 Å². The molecule has 0 aliphatic carbocycles. The van der Waals surface area contributed by atoms with Crippen LogP contribution < -0.4 is 5.73 Å². The van der Waals surface area contributed by atoms with Gasteiger partial charge in [0, 0.05) is 33.9 Å². The monoisotopic (exact) mass is 318 g/mol. The highest BCUT2D eigenvalue weighted by molar-refractivity contribution is 6.44. The van der Waals surface area contributed by atoms with Gasteiger partial charge in [-0.2, -0.15) is 0 Å². The summed E-state index contributed by atoms with van der Waals surface area (Å²) in [5, 5.41) is 1.38. The summed E-state index contributed by atoms with van der Waals surface area (Å²) >= 11 is 12.2. The Kier molecular flexibility index (Phi) is 3.40. The minimum atomic E-state index is -0.199. The molecule has 0 atom stereocenters. The number of nitrogens with two attached hydrogens (primary N) is 1. The lowest BCUT2D eigenvalue weighted by molar-refractivity contribution is 0.104. The van der Waals surface area contributed by atoms with Crippen molar-refractivity contribution in [2.24, 2.45) is 0 Å². The van der Waals surface area contributed by atoms with Gasteiger partial charge in [-0.1, -0.05) is 35.3 Å². The maximum absolute atomic E-state index is 12.8. The number of H-pyrrole nitrogens is 1. The third-order valence-electron chi connectivity index (χ3n) is 3.45. The summed E-state index contributed by atoms with van der Waals surface area (Å²) in [5.74, 6) is -0.199. The Morgan fingerprint density at radius 1 is 1.19 bits per heavy atom. The molecule has 3 nitrogen and oxygen atoms in total. The molecule has 0 bridgehead atoms. The summed E-state index contributed by atoms with van der Waals surface area (Å²) in [6.45, 7) is 1.96. The average molecular weight is 319 g/mol. The molecule has 1 aromatic heterocycles.